The molecular weight excluding hydrogens is 476 g/mol. The largest absolute Gasteiger partial charge is 0.479 e. The van der Waals surface area contributed by atoms with Crippen LogP contribution in [0.1, 0.15) is 31.2 Å². The first kappa shape index (κ1) is 22.4. The molecule has 0 atom stereocenters. The van der Waals surface area contributed by atoms with Gasteiger partial charge in [0.1, 0.15) is 0 Å². The average molecular weight is 500 g/mol. The van der Waals surface area contributed by atoms with Gasteiger partial charge < -0.3 is 15.0 Å². The Hall–Kier alpha value is -2.42. The molecule has 0 amide bonds. The Kier molecular flexibility index (Phi) is 5.50. The maximum Gasteiger partial charge on any atom is 0.291 e. The summed E-state index contributed by atoms with van der Waals surface area (Å²) in [6, 6.07) is 3.11. The molecule has 178 valence electrons. The third-order valence-corrected chi connectivity index (χ3v) is 8.37. The van der Waals surface area contributed by atoms with Gasteiger partial charge in [-0.15, -0.1) is 15.3 Å². The zero-order valence-corrected chi connectivity index (χ0v) is 19.6. The number of rotatable bonds is 7. The third-order valence-electron chi connectivity index (χ3n) is 5.84. The Morgan fingerprint density at radius 1 is 1.24 bits per heavy atom. The molecule has 3 heterocycles. The van der Waals surface area contributed by atoms with Gasteiger partial charge in [-0.2, -0.15) is 0 Å². The van der Waals surface area contributed by atoms with Crippen molar-refractivity contribution in [1.29, 1.82) is 0 Å². The fourth-order valence-corrected chi connectivity index (χ4v) is 6.01. The smallest absolute Gasteiger partial charge is 0.291 e. The lowest BCUT2D eigenvalue weighted by molar-refractivity contribution is 0.150. The van der Waals surface area contributed by atoms with Crippen LogP contribution >= 0.6 is 11.3 Å². The van der Waals surface area contributed by atoms with Crippen molar-refractivity contribution in [2.24, 2.45) is 0 Å². The van der Waals surface area contributed by atoms with Gasteiger partial charge >= 0.3 is 0 Å². The number of fused-ring (bicyclic) bond motifs is 1. The van der Waals surface area contributed by atoms with Crippen molar-refractivity contribution in [3.8, 4) is 11.0 Å². The highest BCUT2D eigenvalue weighted by atomic mass is 32.2. The minimum absolute atomic E-state index is 0.0686. The molecule has 1 saturated heterocycles. The number of aromatic nitrogens is 4. The quantitative estimate of drug-likeness (QED) is 0.508. The summed E-state index contributed by atoms with van der Waals surface area (Å²) in [4.78, 5) is 2.13. The second-order valence-electron chi connectivity index (χ2n) is 8.38. The summed E-state index contributed by atoms with van der Waals surface area (Å²) in [5.41, 5.74) is 0.588. The summed E-state index contributed by atoms with van der Waals surface area (Å²) >= 11 is 0.692. The number of nitrogens with one attached hydrogen (secondary N) is 2. The van der Waals surface area contributed by atoms with E-state index >= 15 is 0 Å². The van der Waals surface area contributed by atoms with Gasteiger partial charge in [-0.1, -0.05) is 11.3 Å². The number of hydrogen-bond acceptors (Lipinski definition) is 9. The van der Waals surface area contributed by atoms with E-state index in [2.05, 4.69) is 30.2 Å². The van der Waals surface area contributed by atoms with Gasteiger partial charge in [-0.25, -0.2) is 26.6 Å². The van der Waals surface area contributed by atoms with Crippen LogP contribution in [-0.2, 0) is 10.0 Å². The van der Waals surface area contributed by atoms with E-state index in [1.54, 1.807) is 6.07 Å². The van der Waals surface area contributed by atoms with Crippen LogP contribution in [0.2, 0.25) is 0 Å². The highest BCUT2D eigenvalue weighted by Gasteiger charge is 2.41. The Bertz CT molecular complexity index is 1300. The number of benzene rings is 1. The number of sulfonamides is 1. The van der Waals surface area contributed by atoms with Crippen molar-refractivity contribution in [2.75, 3.05) is 38.2 Å². The van der Waals surface area contributed by atoms with E-state index in [0.717, 1.165) is 25.9 Å². The summed E-state index contributed by atoms with van der Waals surface area (Å²) in [6.07, 6.45) is -1.23. The highest BCUT2D eigenvalue weighted by Crippen LogP contribution is 2.40. The SMILES string of the molecule is COc1nn(-c2nnc(C(F)F)s2)c2cc(S(=O)(=O)NC3(C)CC3)cc(N3CCNCC3)c12. The number of piperazine rings is 1. The monoisotopic (exact) mass is 499 g/mol. The van der Waals surface area contributed by atoms with Crippen molar-refractivity contribution in [1.82, 2.24) is 30.0 Å². The third kappa shape index (κ3) is 4.16. The molecule has 2 aliphatic rings. The molecule has 2 N–H and O–H groups in total. The lowest BCUT2D eigenvalue weighted by Gasteiger charge is -2.30. The predicted octanol–water partition coefficient (Wildman–Crippen LogP) is 2.06. The minimum atomic E-state index is -3.84. The first-order valence-corrected chi connectivity index (χ1v) is 12.7. The summed E-state index contributed by atoms with van der Waals surface area (Å²) < 4.78 is 62.4. The molecule has 2 aromatic heterocycles. The molecule has 0 radical (unpaired) electrons. The van der Waals surface area contributed by atoms with Crippen LogP contribution in [0.4, 0.5) is 14.5 Å². The average Bonchev–Trinajstić information content (AvgIpc) is 3.18. The van der Waals surface area contributed by atoms with Crippen LogP contribution in [0.5, 0.6) is 5.88 Å². The number of alkyl halides is 2. The van der Waals surface area contributed by atoms with Gasteiger partial charge in [-0.3, -0.25) is 0 Å². The minimum Gasteiger partial charge on any atom is -0.479 e. The molecule has 0 bridgehead atoms. The molecule has 2 fully saturated rings. The number of anilines is 1. The number of nitrogens with zero attached hydrogens (tertiary/aromatic N) is 5. The maximum atomic E-state index is 13.3. The Balaban J connectivity index is 1.73. The van der Waals surface area contributed by atoms with Crippen LogP contribution in [-0.4, -0.2) is 67.2 Å². The highest BCUT2D eigenvalue weighted by molar-refractivity contribution is 7.89. The van der Waals surface area contributed by atoms with Crippen molar-refractivity contribution in [3.05, 3.63) is 17.1 Å². The van der Waals surface area contributed by atoms with E-state index in [1.807, 2.05) is 6.92 Å². The molecule has 5 rings (SSSR count). The van der Waals surface area contributed by atoms with Gasteiger partial charge in [0.15, 0.2) is 5.01 Å². The Morgan fingerprint density at radius 2 is 1.97 bits per heavy atom. The molecule has 10 nitrogen and oxygen atoms in total. The number of hydrogen-bond donors (Lipinski definition) is 2. The van der Waals surface area contributed by atoms with Crippen LogP contribution in [0, 0.1) is 0 Å². The van der Waals surface area contributed by atoms with Gasteiger partial charge in [0.2, 0.25) is 21.0 Å². The van der Waals surface area contributed by atoms with Gasteiger partial charge in [-0.05, 0) is 31.9 Å². The molecule has 0 unspecified atom stereocenters. The fraction of sp³-hybridized carbons (Fsp3) is 0.526. The second-order valence-corrected chi connectivity index (χ2v) is 11.1. The van der Waals surface area contributed by atoms with Crippen molar-refractivity contribution >= 4 is 38.0 Å². The van der Waals surface area contributed by atoms with E-state index in [9.17, 15) is 17.2 Å². The van der Waals surface area contributed by atoms with E-state index in [1.165, 1.54) is 17.9 Å². The second kappa shape index (κ2) is 8.11. The lowest BCUT2D eigenvalue weighted by Crippen LogP contribution is -2.43. The van der Waals surface area contributed by atoms with E-state index < -0.39 is 27.0 Å². The molecular formula is C19H23F2N7O3S2. The normalized spacial score (nSPS) is 18.3. The standard InChI is InChI=1S/C19H23F2N7O3S2/c1-19(3-4-19)26-33(29,30)11-9-12(27-7-5-22-6-8-27)14-13(10-11)28(25-16(14)31-2)18-24-23-17(32-18)15(20)21/h9-10,15,22,26H,3-8H2,1-2H3. The van der Waals surface area contributed by atoms with Crippen molar-refractivity contribution in [2.45, 2.75) is 36.6 Å². The topological polar surface area (TPSA) is 114 Å². The van der Waals surface area contributed by atoms with Gasteiger partial charge in [0.25, 0.3) is 6.43 Å². The summed E-state index contributed by atoms with van der Waals surface area (Å²) in [5, 5.41) is 15.3. The summed E-state index contributed by atoms with van der Waals surface area (Å²) in [7, 11) is -2.38. The van der Waals surface area contributed by atoms with Crippen LogP contribution in [0.25, 0.3) is 16.0 Å². The molecule has 1 aliphatic carbocycles. The molecule has 1 aromatic carbocycles. The van der Waals surface area contributed by atoms with Crippen LogP contribution < -0.4 is 19.7 Å². The first-order valence-electron chi connectivity index (χ1n) is 10.4. The summed E-state index contributed by atoms with van der Waals surface area (Å²) in [5.74, 6) is 0.249. The number of ether oxygens (including phenoxy) is 1. The zero-order chi connectivity index (χ0) is 23.4. The number of methoxy groups -OCH3 is 1. The van der Waals surface area contributed by atoms with E-state index in [4.69, 9.17) is 4.74 Å². The predicted molar refractivity (Wildman–Crippen MR) is 119 cm³/mol. The molecule has 3 aromatic rings. The van der Waals surface area contributed by atoms with E-state index in [-0.39, 0.29) is 15.9 Å². The molecule has 1 aliphatic heterocycles. The van der Waals surface area contributed by atoms with Crippen LogP contribution in [0.15, 0.2) is 17.0 Å². The van der Waals surface area contributed by atoms with Crippen molar-refractivity contribution < 1.29 is 21.9 Å². The molecule has 14 heteroatoms. The van der Waals surface area contributed by atoms with E-state index in [0.29, 0.717) is 41.0 Å². The van der Waals surface area contributed by atoms with Crippen molar-refractivity contribution in [3.63, 3.8) is 0 Å². The summed E-state index contributed by atoms with van der Waals surface area (Å²) in [6.45, 7) is 4.65. The molecule has 1 saturated carbocycles. The maximum absolute atomic E-state index is 13.3. The molecule has 33 heavy (non-hydrogen) atoms. The van der Waals surface area contributed by atoms with Gasteiger partial charge in [0, 0.05) is 31.7 Å². The Morgan fingerprint density at radius 3 is 2.58 bits per heavy atom. The Labute approximate surface area is 193 Å². The fourth-order valence-electron chi connectivity index (χ4n) is 3.84. The number of halogens is 2. The molecule has 0 spiro atoms. The lowest BCUT2D eigenvalue weighted by atomic mass is 10.1. The van der Waals surface area contributed by atoms with Gasteiger partial charge in [0.05, 0.1) is 28.6 Å². The zero-order valence-electron chi connectivity index (χ0n) is 18.0. The van der Waals surface area contributed by atoms with Crippen LogP contribution in [0.3, 0.4) is 0 Å². The first-order chi connectivity index (χ1) is 15.7.